The van der Waals surface area contributed by atoms with Crippen LogP contribution in [0.3, 0.4) is 0 Å². The summed E-state index contributed by atoms with van der Waals surface area (Å²) >= 11 is 6.04. The molecule has 0 radical (unpaired) electrons. The number of aromatic nitrogens is 1. The Morgan fingerprint density at radius 1 is 1.06 bits per heavy atom. The Kier molecular flexibility index (Phi) is 6.88. The number of aryl methyl sites for hydroxylation is 1. The third-order valence-electron chi connectivity index (χ3n) is 5.06. The number of hydrogen-bond donors (Lipinski definition) is 1. The van der Waals surface area contributed by atoms with E-state index < -0.39 is 16.8 Å². The number of carbonyl (C=O) groups excluding carboxylic acids is 2. The molecule has 1 N–H and O–H groups in total. The quantitative estimate of drug-likeness (QED) is 0.196. The van der Waals surface area contributed by atoms with E-state index in [1.165, 1.54) is 24.3 Å². The standard InChI is InChI=1S/C25H18ClN3O6/c1-15-22(28-24(35-15)16-7-3-2-4-8-16)14-34-25(31)19-9-5-6-10-21(19)27-23(30)18-12-11-17(29(32)33)13-20(18)26/h2-13H,14H2,1H3,(H,27,30). The van der Waals surface area contributed by atoms with E-state index in [1.807, 2.05) is 30.3 Å². The number of nitro benzene ring substituents is 1. The third kappa shape index (κ3) is 5.36. The molecular formula is C25H18ClN3O6. The van der Waals surface area contributed by atoms with Gasteiger partial charge < -0.3 is 14.5 Å². The van der Waals surface area contributed by atoms with Crippen molar-refractivity contribution in [1.82, 2.24) is 4.98 Å². The normalized spacial score (nSPS) is 10.6. The van der Waals surface area contributed by atoms with Crippen molar-refractivity contribution in [2.75, 3.05) is 5.32 Å². The number of halogens is 1. The SMILES string of the molecule is Cc1oc(-c2ccccc2)nc1COC(=O)c1ccccc1NC(=O)c1ccc([N+](=O)[O-])cc1Cl. The van der Waals surface area contributed by atoms with Crippen molar-refractivity contribution in [1.29, 1.82) is 0 Å². The molecule has 0 aliphatic heterocycles. The number of nitrogens with zero attached hydrogens (tertiary/aromatic N) is 2. The number of nitro groups is 1. The lowest BCUT2D eigenvalue weighted by Crippen LogP contribution is -2.16. The van der Waals surface area contributed by atoms with Crippen molar-refractivity contribution < 1.29 is 23.7 Å². The molecule has 9 nitrogen and oxygen atoms in total. The summed E-state index contributed by atoms with van der Waals surface area (Å²) < 4.78 is 11.1. The van der Waals surface area contributed by atoms with Gasteiger partial charge in [0.2, 0.25) is 5.89 Å². The van der Waals surface area contributed by atoms with Crippen LogP contribution < -0.4 is 5.32 Å². The van der Waals surface area contributed by atoms with Crippen molar-refractivity contribution in [2.24, 2.45) is 0 Å². The Labute approximate surface area is 204 Å². The molecule has 0 fully saturated rings. The molecule has 0 atom stereocenters. The zero-order valence-corrected chi connectivity index (χ0v) is 19.1. The molecule has 10 heteroatoms. The van der Waals surface area contributed by atoms with Gasteiger partial charge in [-0.25, -0.2) is 9.78 Å². The van der Waals surface area contributed by atoms with Crippen LogP contribution in [0.5, 0.6) is 0 Å². The first-order chi connectivity index (χ1) is 16.8. The number of para-hydroxylation sites is 1. The highest BCUT2D eigenvalue weighted by atomic mass is 35.5. The number of amides is 1. The van der Waals surface area contributed by atoms with E-state index in [2.05, 4.69) is 10.3 Å². The Bertz CT molecular complexity index is 1420. The summed E-state index contributed by atoms with van der Waals surface area (Å²) in [5.74, 6) is -0.378. The van der Waals surface area contributed by atoms with Crippen molar-refractivity contribution >= 4 is 34.9 Å². The molecule has 1 amide bonds. The molecule has 3 aromatic carbocycles. The molecule has 35 heavy (non-hydrogen) atoms. The lowest BCUT2D eigenvalue weighted by atomic mass is 10.1. The Morgan fingerprint density at radius 3 is 2.49 bits per heavy atom. The molecule has 0 saturated heterocycles. The maximum absolute atomic E-state index is 12.8. The number of hydrogen-bond acceptors (Lipinski definition) is 7. The van der Waals surface area contributed by atoms with E-state index >= 15 is 0 Å². The van der Waals surface area contributed by atoms with E-state index in [1.54, 1.807) is 19.1 Å². The number of rotatable bonds is 7. The molecule has 0 aliphatic rings. The molecular weight excluding hydrogens is 474 g/mol. The van der Waals surface area contributed by atoms with Crippen molar-refractivity contribution in [3.63, 3.8) is 0 Å². The number of carbonyl (C=O) groups is 2. The highest BCUT2D eigenvalue weighted by molar-refractivity contribution is 6.34. The summed E-state index contributed by atoms with van der Waals surface area (Å²) in [5, 5.41) is 13.4. The number of benzene rings is 3. The summed E-state index contributed by atoms with van der Waals surface area (Å²) in [6.07, 6.45) is 0. The fourth-order valence-corrected chi connectivity index (χ4v) is 3.50. The summed E-state index contributed by atoms with van der Waals surface area (Å²) in [4.78, 5) is 40.2. The van der Waals surface area contributed by atoms with Crippen LogP contribution in [0.25, 0.3) is 11.5 Å². The van der Waals surface area contributed by atoms with Gasteiger partial charge in [0.15, 0.2) is 0 Å². The highest BCUT2D eigenvalue weighted by Gasteiger charge is 2.20. The Balaban J connectivity index is 1.47. The third-order valence-corrected chi connectivity index (χ3v) is 5.37. The van der Waals surface area contributed by atoms with Crippen LogP contribution >= 0.6 is 11.6 Å². The van der Waals surface area contributed by atoms with Gasteiger partial charge in [-0.3, -0.25) is 14.9 Å². The van der Waals surface area contributed by atoms with Crippen molar-refractivity contribution in [3.05, 3.63) is 111 Å². The van der Waals surface area contributed by atoms with Gasteiger partial charge in [-0.15, -0.1) is 0 Å². The highest BCUT2D eigenvalue weighted by Crippen LogP contribution is 2.25. The second-order valence-electron chi connectivity index (χ2n) is 7.39. The summed E-state index contributed by atoms with van der Waals surface area (Å²) in [6.45, 7) is 1.60. The van der Waals surface area contributed by atoms with Crippen LogP contribution in [0.1, 0.15) is 32.2 Å². The van der Waals surface area contributed by atoms with Gasteiger partial charge in [-0.2, -0.15) is 0 Å². The van der Waals surface area contributed by atoms with E-state index in [0.717, 1.165) is 11.6 Å². The summed E-state index contributed by atoms with van der Waals surface area (Å²) in [7, 11) is 0. The monoisotopic (exact) mass is 491 g/mol. The lowest BCUT2D eigenvalue weighted by Gasteiger charge is -2.11. The van der Waals surface area contributed by atoms with Crippen LogP contribution in [0.15, 0.2) is 77.2 Å². The average molecular weight is 492 g/mol. The minimum absolute atomic E-state index is 0.0205. The zero-order chi connectivity index (χ0) is 24.9. The number of ether oxygens (including phenoxy) is 1. The number of nitrogens with one attached hydrogen (secondary N) is 1. The van der Waals surface area contributed by atoms with Gasteiger partial charge in [0.05, 0.1) is 26.8 Å². The Hall–Kier alpha value is -4.50. The first-order valence-electron chi connectivity index (χ1n) is 10.4. The minimum Gasteiger partial charge on any atom is -0.455 e. The van der Waals surface area contributed by atoms with Crippen LogP contribution in [0, 0.1) is 17.0 Å². The predicted octanol–water partition coefficient (Wildman–Crippen LogP) is 5.82. The molecule has 4 rings (SSSR count). The van der Waals surface area contributed by atoms with E-state index in [4.69, 9.17) is 20.8 Å². The maximum Gasteiger partial charge on any atom is 0.340 e. The summed E-state index contributed by atoms with van der Waals surface area (Å²) in [5.41, 5.74) is 1.35. The minimum atomic E-state index is -0.681. The first-order valence-corrected chi connectivity index (χ1v) is 10.7. The van der Waals surface area contributed by atoms with Gasteiger partial charge in [-0.1, -0.05) is 41.9 Å². The molecule has 0 unspecified atom stereocenters. The molecule has 176 valence electrons. The van der Waals surface area contributed by atoms with Crippen LogP contribution in [-0.2, 0) is 11.3 Å². The number of anilines is 1. The molecule has 0 bridgehead atoms. The summed E-state index contributed by atoms with van der Waals surface area (Å²) in [6, 6.07) is 19.1. The van der Waals surface area contributed by atoms with Gasteiger partial charge in [-0.05, 0) is 37.3 Å². The van der Waals surface area contributed by atoms with Crippen molar-refractivity contribution in [2.45, 2.75) is 13.5 Å². The van der Waals surface area contributed by atoms with E-state index in [9.17, 15) is 19.7 Å². The first kappa shape index (κ1) is 23.7. The number of esters is 1. The molecule has 0 aliphatic carbocycles. The smallest absolute Gasteiger partial charge is 0.340 e. The second-order valence-corrected chi connectivity index (χ2v) is 7.79. The molecule has 4 aromatic rings. The topological polar surface area (TPSA) is 125 Å². The van der Waals surface area contributed by atoms with Crippen LogP contribution in [0.2, 0.25) is 5.02 Å². The largest absolute Gasteiger partial charge is 0.455 e. The fraction of sp³-hybridized carbons (Fsp3) is 0.0800. The van der Waals surface area contributed by atoms with E-state index in [-0.39, 0.29) is 34.1 Å². The lowest BCUT2D eigenvalue weighted by molar-refractivity contribution is -0.384. The second kappa shape index (κ2) is 10.2. The molecule has 1 aromatic heterocycles. The van der Waals surface area contributed by atoms with Crippen LogP contribution in [0.4, 0.5) is 11.4 Å². The van der Waals surface area contributed by atoms with Gasteiger partial charge >= 0.3 is 5.97 Å². The molecule has 0 spiro atoms. The molecule has 0 saturated carbocycles. The van der Waals surface area contributed by atoms with Crippen LogP contribution in [-0.4, -0.2) is 21.8 Å². The number of oxazole rings is 1. The van der Waals surface area contributed by atoms with Gasteiger partial charge in [0, 0.05) is 17.7 Å². The average Bonchev–Trinajstić information content (AvgIpc) is 3.23. The van der Waals surface area contributed by atoms with Gasteiger partial charge in [0.25, 0.3) is 11.6 Å². The fourth-order valence-electron chi connectivity index (χ4n) is 3.24. The maximum atomic E-state index is 12.8. The van der Waals surface area contributed by atoms with E-state index in [0.29, 0.717) is 17.3 Å². The molecule has 1 heterocycles. The number of non-ortho nitro benzene ring substituents is 1. The van der Waals surface area contributed by atoms with Gasteiger partial charge in [0.1, 0.15) is 18.1 Å². The zero-order valence-electron chi connectivity index (χ0n) is 18.4. The predicted molar refractivity (Wildman–Crippen MR) is 128 cm³/mol. The van der Waals surface area contributed by atoms with Crippen molar-refractivity contribution in [3.8, 4) is 11.5 Å². The Morgan fingerprint density at radius 2 is 1.77 bits per heavy atom.